The molecule has 33 heavy (non-hydrogen) atoms. The number of aromatic carboxylic acids is 1. The summed E-state index contributed by atoms with van der Waals surface area (Å²) >= 11 is 0. The summed E-state index contributed by atoms with van der Waals surface area (Å²) in [7, 11) is 0. The molecule has 6 nitrogen and oxygen atoms in total. The standard InChI is InChI=1S/C24H19F3N2O4/c25-17-8-14-19(29(13-2-3-13)10-15(20(14)30)22(31)32)21(33-23(26)27)18(17)11-1-4-16-12(7-11)9-28-24(16)5-6-24/h1,4,7-8,10,13,23,28H,2-3,5-6,9H2,(H,31,32). The number of rotatable bonds is 5. The molecular weight excluding hydrogens is 437 g/mol. The highest BCUT2D eigenvalue weighted by molar-refractivity contribution is 5.98. The van der Waals surface area contributed by atoms with E-state index in [1.165, 1.54) is 4.57 Å². The minimum absolute atomic E-state index is 0.0125. The molecule has 2 aromatic carbocycles. The van der Waals surface area contributed by atoms with Gasteiger partial charge in [-0.3, -0.25) is 4.79 Å². The Kier molecular flexibility index (Phi) is 4.20. The lowest BCUT2D eigenvalue weighted by Crippen LogP contribution is -2.20. The summed E-state index contributed by atoms with van der Waals surface area (Å²) in [5, 5.41) is 12.6. The second-order valence-electron chi connectivity index (χ2n) is 8.96. The Morgan fingerprint density at radius 2 is 2.00 bits per heavy atom. The number of hydrogen-bond acceptors (Lipinski definition) is 4. The Labute approximate surface area is 185 Å². The monoisotopic (exact) mass is 456 g/mol. The lowest BCUT2D eigenvalue weighted by atomic mass is 9.95. The van der Waals surface area contributed by atoms with E-state index in [1.807, 2.05) is 6.07 Å². The van der Waals surface area contributed by atoms with Crippen molar-refractivity contribution in [2.24, 2.45) is 0 Å². The van der Waals surface area contributed by atoms with Gasteiger partial charge in [-0.1, -0.05) is 12.1 Å². The van der Waals surface area contributed by atoms with Gasteiger partial charge in [-0.25, -0.2) is 9.18 Å². The molecule has 2 saturated carbocycles. The van der Waals surface area contributed by atoms with Crippen LogP contribution in [0.15, 0.2) is 35.3 Å². The molecule has 2 fully saturated rings. The van der Waals surface area contributed by atoms with Gasteiger partial charge >= 0.3 is 12.6 Å². The summed E-state index contributed by atoms with van der Waals surface area (Å²) in [6.45, 7) is -2.67. The average Bonchev–Trinajstić information content (AvgIpc) is 3.67. The molecule has 2 heterocycles. The van der Waals surface area contributed by atoms with Crippen molar-refractivity contribution in [3.8, 4) is 16.9 Å². The van der Waals surface area contributed by atoms with Gasteiger partial charge in [-0.15, -0.1) is 0 Å². The van der Waals surface area contributed by atoms with E-state index in [0.717, 1.165) is 36.2 Å². The topological polar surface area (TPSA) is 80.6 Å². The first-order chi connectivity index (χ1) is 15.8. The number of nitrogens with zero attached hydrogens (tertiary/aromatic N) is 1. The van der Waals surface area contributed by atoms with Crippen LogP contribution in [0.5, 0.6) is 5.75 Å². The van der Waals surface area contributed by atoms with Crippen LogP contribution in [0, 0.1) is 5.82 Å². The van der Waals surface area contributed by atoms with Crippen LogP contribution in [-0.4, -0.2) is 22.3 Å². The second-order valence-corrected chi connectivity index (χ2v) is 8.96. The predicted molar refractivity (Wildman–Crippen MR) is 113 cm³/mol. The second kappa shape index (κ2) is 6.84. The molecule has 3 aromatic rings. The van der Waals surface area contributed by atoms with E-state index in [9.17, 15) is 23.5 Å². The van der Waals surface area contributed by atoms with E-state index in [0.29, 0.717) is 24.9 Å². The van der Waals surface area contributed by atoms with Crippen LogP contribution < -0.4 is 15.5 Å². The molecule has 2 aliphatic carbocycles. The largest absolute Gasteiger partial charge is 0.477 e. The van der Waals surface area contributed by atoms with E-state index < -0.39 is 35.1 Å². The molecule has 0 amide bonds. The highest BCUT2D eigenvalue weighted by Gasteiger charge is 2.48. The number of carboxylic acids is 1. The van der Waals surface area contributed by atoms with Gasteiger partial charge in [0.2, 0.25) is 5.43 Å². The third-order valence-corrected chi connectivity index (χ3v) is 6.88. The van der Waals surface area contributed by atoms with Crippen molar-refractivity contribution in [1.29, 1.82) is 0 Å². The van der Waals surface area contributed by atoms with E-state index in [4.69, 9.17) is 4.74 Å². The lowest BCUT2D eigenvalue weighted by molar-refractivity contribution is -0.0487. The number of ether oxygens (including phenoxy) is 1. The van der Waals surface area contributed by atoms with Gasteiger partial charge in [0.05, 0.1) is 16.5 Å². The molecule has 3 aliphatic rings. The minimum Gasteiger partial charge on any atom is -0.477 e. The predicted octanol–water partition coefficient (Wildman–Crippen LogP) is 4.53. The van der Waals surface area contributed by atoms with Gasteiger partial charge < -0.3 is 19.7 Å². The Morgan fingerprint density at radius 1 is 1.24 bits per heavy atom. The zero-order valence-corrected chi connectivity index (χ0v) is 17.3. The molecule has 0 saturated heterocycles. The highest BCUT2D eigenvalue weighted by Crippen LogP contribution is 2.51. The fourth-order valence-corrected chi connectivity index (χ4v) is 5.01. The maximum absolute atomic E-state index is 15.5. The maximum atomic E-state index is 15.5. The first-order valence-electron chi connectivity index (χ1n) is 10.8. The number of halogens is 3. The molecule has 9 heteroatoms. The maximum Gasteiger partial charge on any atom is 0.387 e. The van der Waals surface area contributed by atoms with Gasteiger partial charge in [0, 0.05) is 24.3 Å². The number of carbonyl (C=O) groups is 1. The number of aromatic nitrogens is 1. The van der Waals surface area contributed by atoms with E-state index in [2.05, 4.69) is 5.32 Å². The Hall–Kier alpha value is -3.33. The fourth-order valence-electron chi connectivity index (χ4n) is 5.01. The fraction of sp³-hybridized carbons (Fsp3) is 0.333. The molecule has 0 bridgehead atoms. The molecule has 0 atom stereocenters. The quantitative estimate of drug-likeness (QED) is 0.590. The molecular formula is C24H19F3N2O4. The summed E-state index contributed by atoms with van der Waals surface area (Å²) in [6, 6.07) is 6.09. The SMILES string of the molecule is O=C(O)c1cn(C2CC2)c2c(OC(F)F)c(-c3ccc4c(c3)CNC43CC3)c(F)cc2c1=O. The van der Waals surface area contributed by atoms with Crippen LogP contribution in [0.1, 0.15) is 53.2 Å². The number of carboxylic acid groups (broad SMARTS) is 1. The van der Waals surface area contributed by atoms with Gasteiger partial charge in [0.15, 0.2) is 5.75 Å². The van der Waals surface area contributed by atoms with Crippen molar-refractivity contribution in [1.82, 2.24) is 9.88 Å². The van der Waals surface area contributed by atoms with Crippen molar-refractivity contribution in [2.45, 2.75) is 50.4 Å². The minimum atomic E-state index is -3.26. The third-order valence-electron chi connectivity index (χ3n) is 6.88. The molecule has 1 aliphatic heterocycles. The average molecular weight is 456 g/mol. The Morgan fingerprint density at radius 3 is 2.64 bits per heavy atom. The molecule has 170 valence electrons. The van der Waals surface area contributed by atoms with Crippen molar-refractivity contribution in [3.05, 3.63) is 63.2 Å². The summed E-state index contributed by atoms with van der Waals surface area (Å²) < 4.78 is 48.8. The normalized spacial score (nSPS) is 18.2. The van der Waals surface area contributed by atoms with Crippen LogP contribution in [0.25, 0.3) is 22.0 Å². The first-order valence-corrected chi connectivity index (χ1v) is 10.8. The lowest BCUT2D eigenvalue weighted by Gasteiger charge is -2.20. The summed E-state index contributed by atoms with van der Waals surface area (Å²) in [5.74, 6) is -2.84. The number of fused-ring (bicyclic) bond motifs is 3. The van der Waals surface area contributed by atoms with Crippen LogP contribution >= 0.6 is 0 Å². The van der Waals surface area contributed by atoms with E-state index in [1.54, 1.807) is 12.1 Å². The van der Waals surface area contributed by atoms with Crippen molar-refractivity contribution in [3.63, 3.8) is 0 Å². The molecule has 6 rings (SSSR count). The zero-order chi connectivity index (χ0) is 23.1. The number of pyridine rings is 1. The highest BCUT2D eigenvalue weighted by atomic mass is 19.3. The van der Waals surface area contributed by atoms with E-state index in [-0.39, 0.29) is 28.0 Å². The van der Waals surface area contributed by atoms with Gasteiger partial charge in [0.25, 0.3) is 0 Å². The molecule has 2 N–H and O–H groups in total. The first kappa shape index (κ1) is 20.3. The molecule has 0 radical (unpaired) electrons. The van der Waals surface area contributed by atoms with Gasteiger partial charge in [-0.2, -0.15) is 8.78 Å². The number of benzene rings is 2. The van der Waals surface area contributed by atoms with Crippen molar-refractivity contribution >= 4 is 16.9 Å². The van der Waals surface area contributed by atoms with Crippen LogP contribution in [0.4, 0.5) is 13.2 Å². The summed E-state index contributed by atoms with van der Waals surface area (Å²) in [5.41, 5.74) is 0.771. The van der Waals surface area contributed by atoms with Crippen molar-refractivity contribution in [2.75, 3.05) is 0 Å². The summed E-state index contributed by atoms with van der Waals surface area (Å²) in [4.78, 5) is 24.4. The molecule has 1 spiro atoms. The number of hydrogen-bond donors (Lipinski definition) is 2. The van der Waals surface area contributed by atoms with E-state index >= 15 is 4.39 Å². The molecule has 1 aromatic heterocycles. The van der Waals surface area contributed by atoms with Crippen molar-refractivity contribution < 1.29 is 27.8 Å². The van der Waals surface area contributed by atoms with Crippen LogP contribution in [0.3, 0.4) is 0 Å². The smallest absolute Gasteiger partial charge is 0.387 e. The summed E-state index contributed by atoms with van der Waals surface area (Å²) in [6.07, 6.45) is 4.55. The van der Waals surface area contributed by atoms with Crippen LogP contribution in [0.2, 0.25) is 0 Å². The Balaban J connectivity index is 1.65. The third kappa shape index (κ3) is 3.06. The number of alkyl halides is 2. The van der Waals surface area contributed by atoms with Gasteiger partial charge in [-0.05, 0) is 54.5 Å². The number of nitrogens with one attached hydrogen (secondary N) is 1. The Bertz CT molecular complexity index is 1410. The molecule has 0 unspecified atom stereocenters. The van der Waals surface area contributed by atoms with Gasteiger partial charge in [0.1, 0.15) is 11.4 Å². The van der Waals surface area contributed by atoms with Crippen LogP contribution in [-0.2, 0) is 12.1 Å². The zero-order valence-electron chi connectivity index (χ0n) is 17.3.